The van der Waals surface area contributed by atoms with Gasteiger partial charge in [-0.25, -0.2) is 0 Å². The Labute approximate surface area is 142 Å². The first-order valence-electron chi connectivity index (χ1n) is 7.13. The lowest BCUT2D eigenvalue weighted by Gasteiger charge is -1.98. The van der Waals surface area contributed by atoms with Crippen molar-refractivity contribution in [2.45, 2.75) is 6.92 Å². The van der Waals surface area contributed by atoms with Crippen LogP contribution in [-0.4, -0.2) is 12.0 Å². The highest BCUT2D eigenvalue weighted by atomic mass is 79.9. The monoisotopic (exact) mass is 367 g/mol. The quantitative estimate of drug-likeness (QED) is 0.440. The molecule has 1 heterocycles. The molecule has 0 aliphatic heterocycles. The molecule has 2 aromatic carbocycles. The van der Waals surface area contributed by atoms with Crippen LogP contribution in [0.5, 0.6) is 0 Å². The van der Waals surface area contributed by atoms with Crippen molar-refractivity contribution in [1.82, 2.24) is 0 Å². The third-order valence-electron chi connectivity index (χ3n) is 3.37. The van der Waals surface area contributed by atoms with Crippen molar-refractivity contribution in [2.24, 2.45) is 4.99 Å². The molecule has 0 N–H and O–H groups in total. The maximum absolute atomic E-state index is 11.3. The van der Waals surface area contributed by atoms with Crippen molar-refractivity contribution in [3.8, 4) is 11.3 Å². The molecule has 3 aromatic rings. The second kappa shape index (κ2) is 6.75. The van der Waals surface area contributed by atoms with Gasteiger partial charge >= 0.3 is 0 Å². The Morgan fingerprint density at radius 3 is 2.35 bits per heavy atom. The first-order chi connectivity index (χ1) is 11.1. The zero-order chi connectivity index (χ0) is 16.2. The summed E-state index contributed by atoms with van der Waals surface area (Å²) in [5.74, 6) is 1.48. The van der Waals surface area contributed by atoms with Crippen molar-refractivity contribution < 1.29 is 9.21 Å². The van der Waals surface area contributed by atoms with Crippen LogP contribution in [0.3, 0.4) is 0 Å². The average molecular weight is 368 g/mol. The third-order valence-corrected chi connectivity index (χ3v) is 3.90. The molecule has 4 heteroatoms. The molecule has 114 valence electrons. The molecule has 3 rings (SSSR count). The SMILES string of the molecule is CC(=O)c1ccc(-c2ccc(C=Nc3ccc(Br)cc3)o2)cc1. The summed E-state index contributed by atoms with van der Waals surface area (Å²) in [5, 5.41) is 0. The van der Waals surface area contributed by atoms with Crippen LogP contribution in [-0.2, 0) is 0 Å². The Balaban J connectivity index is 1.77. The Bertz CT molecular complexity index is 846. The van der Waals surface area contributed by atoms with E-state index in [9.17, 15) is 4.79 Å². The van der Waals surface area contributed by atoms with Gasteiger partial charge in [-0.2, -0.15) is 0 Å². The number of aliphatic imine (C=N–C) groups is 1. The van der Waals surface area contributed by atoms with Gasteiger partial charge in [0.2, 0.25) is 0 Å². The number of halogens is 1. The highest BCUT2D eigenvalue weighted by molar-refractivity contribution is 9.10. The predicted octanol–water partition coefficient (Wildman–Crippen LogP) is 5.66. The summed E-state index contributed by atoms with van der Waals surface area (Å²) in [5.41, 5.74) is 2.48. The summed E-state index contributed by atoms with van der Waals surface area (Å²) in [7, 11) is 0. The van der Waals surface area contributed by atoms with Gasteiger partial charge in [-0.15, -0.1) is 0 Å². The summed E-state index contributed by atoms with van der Waals surface area (Å²) >= 11 is 3.39. The Kier molecular flexibility index (Phi) is 4.53. The minimum atomic E-state index is 0.0540. The summed E-state index contributed by atoms with van der Waals surface area (Å²) in [6.45, 7) is 1.55. The van der Waals surface area contributed by atoms with Gasteiger partial charge in [0.15, 0.2) is 5.78 Å². The zero-order valence-corrected chi connectivity index (χ0v) is 14.1. The van der Waals surface area contributed by atoms with Crippen LogP contribution in [0.25, 0.3) is 11.3 Å². The van der Waals surface area contributed by atoms with Gasteiger partial charge in [0, 0.05) is 15.6 Å². The summed E-state index contributed by atoms with van der Waals surface area (Å²) in [6.07, 6.45) is 1.69. The minimum absolute atomic E-state index is 0.0540. The van der Waals surface area contributed by atoms with Crippen molar-refractivity contribution in [1.29, 1.82) is 0 Å². The highest BCUT2D eigenvalue weighted by Gasteiger charge is 2.05. The molecular formula is C19H14BrNO2. The Hall–Kier alpha value is -2.46. The van der Waals surface area contributed by atoms with E-state index in [1.807, 2.05) is 48.5 Å². The molecule has 0 unspecified atom stereocenters. The molecule has 0 atom stereocenters. The van der Waals surface area contributed by atoms with Gasteiger partial charge in [0.25, 0.3) is 0 Å². The van der Waals surface area contributed by atoms with E-state index >= 15 is 0 Å². The molecule has 0 saturated heterocycles. The zero-order valence-electron chi connectivity index (χ0n) is 12.5. The van der Waals surface area contributed by atoms with E-state index < -0.39 is 0 Å². The van der Waals surface area contributed by atoms with Crippen LogP contribution in [0.15, 0.2) is 74.5 Å². The standard InChI is InChI=1S/C19H14BrNO2/c1-13(22)14-2-4-15(5-3-14)19-11-10-18(23-19)12-21-17-8-6-16(20)7-9-17/h2-12H,1H3. The number of Topliss-reactive ketones (excluding diaryl/α,β-unsaturated/α-hetero) is 1. The lowest BCUT2D eigenvalue weighted by Crippen LogP contribution is -1.90. The topological polar surface area (TPSA) is 42.6 Å². The number of hydrogen-bond donors (Lipinski definition) is 0. The molecule has 0 spiro atoms. The first-order valence-corrected chi connectivity index (χ1v) is 7.92. The molecular weight excluding hydrogens is 354 g/mol. The van der Waals surface area contributed by atoms with E-state index in [0.717, 1.165) is 21.5 Å². The second-order valence-electron chi connectivity index (χ2n) is 5.07. The fourth-order valence-corrected chi connectivity index (χ4v) is 2.38. The van der Waals surface area contributed by atoms with E-state index in [2.05, 4.69) is 20.9 Å². The highest BCUT2D eigenvalue weighted by Crippen LogP contribution is 2.23. The molecule has 3 nitrogen and oxygen atoms in total. The third kappa shape index (κ3) is 3.85. The number of rotatable bonds is 4. The van der Waals surface area contributed by atoms with Crippen LogP contribution < -0.4 is 0 Å². The van der Waals surface area contributed by atoms with Gasteiger partial charge in [0.1, 0.15) is 11.5 Å². The molecule has 0 aliphatic carbocycles. The number of furan rings is 1. The molecule has 23 heavy (non-hydrogen) atoms. The van der Waals surface area contributed by atoms with E-state index in [4.69, 9.17) is 4.42 Å². The Morgan fingerprint density at radius 2 is 1.70 bits per heavy atom. The first kappa shape index (κ1) is 15.4. The van der Waals surface area contributed by atoms with Gasteiger partial charge in [-0.05, 0) is 43.3 Å². The molecule has 0 radical (unpaired) electrons. The van der Waals surface area contributed by atoms with Crippen LogP contribution in [0.1, 0.15) is 23.0 Å². The summed E-state index contributed by atoms with van der Waals surface area (Å²) < 4.78 is 6.79. The fourth-order valence-electron chi connectivity index (χ4n) is 2.11. The van der Waals surface area contributed by atoms with Gasteiger partial charge < -0.3 is 4.42 Å². The van der Waals surface area contributed by atoms with E-state index in [1.54, 1.807) is 25.3 Å². The number of carbonyl (C=O) groups excluding carboxylic acids is 1. The fraction of sp³-hybridized carbons (Fsp3) is 0.0526. The van der Waals surface area contributed by atoms with Gasteiger partial charge in [-0.3, -0.25) is 9.79 Å². The predicted molar refractivity (Wildman–Crippen MR) is 95.5 cm³/mol. The molecule has 0 amide bonds. The van der Waals surface area contributed by atoms with Crippen molar-refractivity contribution in [2.75, 3.05) is 0 Å². The average Bonchev–Trinajstić information content (AvgIpc) is 3.03. The second-order valence-corrected chi connectivity index (χ2v) is 5.99. The van der Waals surface area contributed by atoms with Crippen LogP contribution >= 0.6 is 15.9 Å². The normalized spacial score (nSPS) is 11.0. The smallest absolute Gasteiger partial charge is 0.159 e. The molecule has 1 aromatic heterocycles. The lowest BCUT2D eigenvalue weighted by atomic mass is 10.1. The molecule has 0 saturated carbocycles. The van der Waals surface area contributed by atoms with E-state index in [1.165, 1.54) is 0 Å². The number of ketones is 1. The minimum Gasteiger partial charge on any atom is -0.455 e. The Morgan fingerprint density at radius 1 is 1.00 bits per heavy atom. The van der Waals surface area contributed by atoms with Crippen LogP contribution in [0.2, 0.25) is 0 Å². The number of nitrogens with zero attached hydrogens (tertiary/aromatic N) is 1. The molecule has 0 aliphatic rings. The maximum atomic E-state index is 11.3. The summed E-state index contributed by atoms with van der Waals surface area (Å²) in [4.78, 5) is 15.7. The van der Waals surface area contributed by atoms with Gasteiger partial charge in [0.05, 0.1) is 11.9 Å². The van der Waals surface area contributed by atoms with Crippen molar-refractivity contribution in [3.05, 3.63) is 76.5 Å². The molecule has 0 bridgehead atoms. The van der Waals surface area contributed by atoms with Gasteiger partial charge in [-0.1, -0.05) is 40.2 Å². The van der Waals surface area contributed by atoms with Crippen LogP contribution in [0, 0.1) is 0 Å². The maximum Gasteiger partial charge on any atom is 0.159 e. The van der Waals surface area contributed by atoms with Crippen LogP contribution in [0.4, 0.5) is 5.69 Å². The number of carbonyl (C=O) groups is 1. The molecule has 0 fully saturated rings. The number of benzene rings is 2. The van der Waals surface area contributed by atoms with E-state index in [-0.39, 0.29) is 5.78 Å². The van der Waals surface area contributed by atoms with E-state index in [0.29, 0.717) is 11.3 Å². The number of hydrogen-bond acceptors (Lipinski definition) is 3. The van der Waals surface area contributed by atoms with Crippen molar-refractivity contribution in [3.63, 3.8) is 0 Å². The summed E-state index contributed by atoms with van der Waals surface area (Å²) in [6, 6.07) is 18.9. The van der Waals surface area contributed by atoms with Crippen molar-refractivity contribution >= 4 is 33.6 Å². The largest absolute Gasteiger partial charge is 0.455 e. The lowest BCUT2D eigenvalue weighted by molar-refractivity contribution is 0.101.